The SMILES string of the molecule is CCOc1ccc2nc(NC(=O)CSc3nnc(-c4ccncc4)o3)sc2c1. The van der Waals surface area contributed by atoms with E-state index in [9.17, 15) is 4.79 Å². The van der Waals surface area contributed by atoms with Crippen molar-refractivity contribution in [3.63, 3.8) is 0 Å². The zero-order valence-electron chi connectivity index (χ0n) is 14.8. The maximum atomic E-state index is 12.2. The summed E-state index contributed by atoms with van der Waals surface area (Å²) in [5, 5.41) is 11.6. The third-order valence-corrected chi connectivity index (χ3v) is 5.33. The van der Waals surface area contributed by atoms with Crippen molar-refractivity contribution >= 4 is 44.4 Å². The quantitative estimate of drug-likeness (QED) is 0.456. The first-order valence-corrected chi connectivity index (χ1v) is 10.2. The van der Waals surface area contributed by atoms with Gasteiger partial charge in [-0.2, -0.15) is 0 Å². The van der Waals surface area contributed by atoms with Crippen molar-refractivity contribution in [3.8, 4) is 17.2 Å². The Balaban J connectivity index is 1.36. The topological polar surface area (TPSA) is 103 Å². The predicted octanol–water partition coefficient (Wildman–Crippen LogP) is 3.87. The van der Waals surface area contributed by atoms with E-state index in [1.165, 1.54) is 23.1 Å². The first-order valence-electron chi connectivity index (χ1n) is 8.41. The van der Waals surface area contributed by atoms with Gasteiger partial charge in [0.15, 0.2) is 5.13 Å². The minimum absolute atomic E-state index is 0.137. The fourth-order valence-corrected chi connectivity index (χ4v) is 3.85. The number of amides is 1. The molecule has 1 N–H and O–H groups in total. The van der Waals surface area contributed by atoms with Gasteiger partial charge in [0.05, 0.1) is 22.6 Å². The van der Waals surface area contributed by atoms with Gasteiger partial charge < -0.3 is 14.5 Å². The van der Waals surface area contributed by atoms with Gasteiger partial charge in [0.2, 0.25) is 11.8 Å². The second kappa shape index (κ2) is 8.36. The number of ether oxygens (including phenoxy) is 1. The molecule has 0 saturated heterocycles. The van der Waals surface area contributed by atoms with Crippen molar-refractivity contribution in [2.24, 2.45) is 0 Å². The lowest BCUT2D eigenvalue weighted by Gasteiger charge is -2.00. The van der Waals surface area contributed by atoms with Crippen LogP contribution in [0.5, 0.6) is 5.75 Å². The van der Waals surface area contributed by atoms with E-state index in [2.05, 4.69) is 25.5 Å². The van der Waals surface area contributed by atoms with Crippen LogP contribution in [0.25, 0.3) is 21.7 Å². The Morgan fingerprint density at radius 3 is 2.93 bits per heavy atom. The van der Waals surface area contributed by atoms with Gasteiger partial charge in [0.25, 0.3) is 5.22 Å². The number of fused-ring (bicyclic) bond motifs is 1. The molecule has 3 aromatic heterocycles. The van der Waals surface area contributed by atoms with E-state index in [1.54, 1.807) is 24.5 Å². The number of thioether (sulfide) groups is 1. The van der Waals surface area contributed by atoms with E-state index in [4.69, 9.17) is 9.15 Å². The number of rotatable bonds is 7. The highest BCUT2D eigenvalue weighted by atomic mass is 32.2. The molecule has 0 saturated carbocycles. The Labute approximate surface area is 168 Å². The molecule has 4 aromatic rings. The molecule has 1 amide bonds. The van der Waals surface area contributed by atoms with Crippen LogP contribution in [0, 0.1) is 0 Å². The van der Waals surface area contributed by atoms with Crippen LogP contribution in [-0.2, 0) is 4.79 Å². The number of pyridine rings is 1. The summed E-state index contributed by atoms with van der Waals surface area (Å²) in [4.78, 5) is 20.6. The molecule has 1 aromatic carbocycles. The number of hydrogen-bond acceptors (Lipinski definition) is 9. The molecule has 0 aliphatic carbocycles. The van der Waals surface area contributed by atoms with E-state index >= 15 is 0 Å². The van der Waals surface area contributed by atoms with Crippen LogP contribution in [0.4, 0.5) is 5.13 Å². The van der Waals surface area contributed by atoms with Crippen molar-refractivity contribution in [1.29, 1.82) is 0 Å². The molecule has 0 bridgehead atoms. The molecule has 0 unspecified atom stereocenters. The molecule has 8 nitrogen and oxygen atoms in total. The number of carbonyl (C=O) groups excluding carboxylic acids is 1. The van der Waals surface area contributed by atoms with E-state index in [1.807, 2.05) is 25.1 Å². The standard InChI is InChI=1S/C18H15N5O3S2/c1-2-25-12-3-4-13-14(9-12)28-17(20-13)21-15(24)10-27-18-23-22-16(26-18)11-5-7-19-8-6-11/h3-9H,2,10H2,1H3,(H,20,21,24). The summed E-state index contributed by atoms with van der Waals surface area (Å²) in [6.45, 7) is 2.53. The summed E-state index contributed by atoms with van der Waals surface area (Å²) in [6, 6.07) is 9.21. The van der Waals surface area contributed by atoms with Gasteiger partial charge in [-0.05, 0) is 37.3 Å². The number of aromatic nitrogens is 4. The van der Waals surface area contributed by atoms with Gasteiger partial charge in [-0.1, -0.05) is 23.1 Å². The molecule has 0 spiro atoms. The summed E-state index contributed by atoms with van der Waals surface area (Å²) in [6.07, 6.45) is 3.30. The number of nitrogens with one attached hydrogen (secondary N) is 1. The summed E-state index contributed by atoms with van der Waals surface area (Å²) in [7, 11) is 0. The van der Waals surface area contributed by atoms with Gasteiger partial charge in [0.1, 0.15) is 5.75 Å². The van der Waals surface area contributed by atoms with Crippen LogP contribution in [0.3, 0.4) is 0 Å². The van der Waals surface area contributed by atoms with E-state index in [0.29, 0.717) is 22.9 Å². The highest BCUT2D eigenvalue weighted by molar-refractivity contribution is 7.99. The van der Waals surface area contributed by atoms with Crippen molar-refractivity contribution in [1.82, 2.24) is 20.2 Å². The lowest BCUT2D eigenvalue weighted by molar-refractivity contribution is -0.113. The molecule has 0 atom stereocenters. The summed E-state index contributed by atoms with van der Waals surface area (Å²) < 4.78 is 12.0. The Morgan fingerprint density at radius 2 is 2.11 bits per heavy atom. The van der Waals surface area contributed by atoms with E-state index < -0.39 is 0 Å². The van der Waals surface area contributed by atoms with Crippen molar-refractivity contribution in [2.45, 2.75) is 12.1 Å². The second-order valence-corrected chi connectivity index (χ2v) is 7.48. The Hall–Kier alpha value is -2.98. The van der Waals surface area contributed by atoms with Crippen molar-refractivity contribution in [2.75, 3.05) is 17.7 Å². The maximum absolute atomic E-state index is 12.2. The lowest BCUT2D eigenvalue weighted by atomic mass is 10.3. The summed E-state index contributed by atoms with van der Waals surface area (Å²) >= 11 is 2.57. The smallest absolute Gasteiger partial charge is 0.277 e. The third kappa shape index (κ3) is 4.29. The third-order valence-electron chi connectivity index (χ3n) is 3.58. The average molecular weight is 413 g/mol. The Bertz CT molecular complexity index is 1100. The number of benzene rings is 1. The number of hydrogen-bond donors (Lipinski definition) is 1. The predicted molar refractivity (Wildman–Crippen MR) is 108 cm³/mol. The monoisotopic (exact) mass is 413 g/mol. The first-order chi connectivity index (χ1) is 13.7. The van der Waals surface area contributed by atoms with E-state index in [-0.39, 0.29) is 11.7 Å². The van der Waals surface area contributed by atoms with Crippen LogP contribution >= 0.6 is 23.1 Å². The van der Waals surface area contributed by atoms with Gasteiger partial charge in [-0.3, -0.25) is 9.78 Å². The largest absolute Gasteiger partial charge is 0.494 e. The number of nitrogens with zero attached hydrogens (tertiary/aromatic N) is 4. The molecular weight excluding hydrogens is 398 g/mol. The Kier molecular flexibility index (Phi) is 5.49. The molecule has 0 fully saturated rings. The van der Waals surface area contributed by atoms with Gasteiger partial charge >= 0.3 is 0 Å². The number of anilines is 1. The average Bonchev–Trinajstić information content (AvgIpc) is 3.33. The van der Waals surface area contributed by atoms with Crippen LogP contribution in [0.2, 0.25) is 0 Å². The molecule has 0 aliphatic heterocycles. The molecule has 28 heavy (non-hydrogen) atoms. The molecule has 10 heteroatoms. The minimum atomic E-state index is -0.197. The van der Waals surface area contributed by atoms with Crippen LogP contribution in [0.15, 0.2) is 52.4 Å². The molecule has 3 heterocycles. The highest BCUT2D eigenvalue weighted by Crippen LogP contribution is 2.29. The second-order valence-electron chi connectivity index (χ2n) is 5.53. The van der Waals surface area contributed by atoms with Crippen LogP contribution < -0.4 is 10.1 Å². The molecule has 0 aliphatic rings. The van der Waals surface area contributed by atoms with Gasteiger partial charge in [-0.25, -0.2) is 4.98 Å². The van der Waals surface area contributed by atoms with Crippen LogP contribution in [0.1, 0.15) is 6.92 Å². The molecule has 0 radical (unpaired) electrons. The van der Waals surface area contributed by atoms with E-state index in [0.717, 1.165) is 21.5 Å². The number of thiazole rings is 1. The normalized spacial score (nSPS) is 10.9. The number of carbonyl (C=O) groups is 1. The van der Waals surface area contributed by atoms with Crippen LogP contribution in [-0.4, -0.2) is 38.4 Å². The minimum Gasteiger partial charge on any atom is -0.494 e. The molecule has 142 valence electrons. The molecule has 4 rings (SSSR count). The maximum Gasteiger partial charge on any atom is 0.277 e. The van der Waals surface area contributed by atoms with Gasteiger partial charge in [0, 0.05) is 18.0 Å². The summed E-state index contributed by atoms with van der Waals surface area (Å²) in [5.41, 5.74) is 1.59. The van der Waals surface area contributed by atoms with Crippen molar-refractivity contribution in [3.05, 3.63) is 42.7 Å². The fraction of sp³-hybridized carbons (Fsp3) is 0.167. The zero-order valence-corrected chi connectivity index (χ0v) is 16.4. The zero-order chi connectivity index (χ0) is 19.3. The Morgan fingerprint density at radius 1 is 1.25 bits per heavy atom. The molecular formula is C18H15N5O3S2. The lowest BCUT2D eigenvalue weighted by Crippen LogP contribution is -2.13. The van der Waals surface area contributed by atoms with Crippen molar-refractivity contribution < 1.29 is 13.9 Å². The highest BCUT2D eigenvalue weighted by Gasteiger charge is 2.13. The van der Waals surface area contributed by atoms with Gasteiger partial charge in [-0.15, -0.1) is 10.2 Å². The summed E-state index contributed by atoms with van der Waals surface area (Å²) in [5.74, 6) is 1.12. The fourth-order valence-electron chi connectivity index (χ4n) is 2.38. The first kappa shape index (κ1) is 18.4.